The molecule has 55 heavy (non-hydrogen) atoms. The number of fused-ring (bicyclic) bond motifs is 1. The number of thiophene rings is 1. The molecular weight excluding hydrogens is 746 g/mol. The third-order valence-corrected chi connectivity index (χ3v) is 12.1. The van der Waals surface area contributed by atoms with E-state index in [-0.39, 0.29) is 55.3 Å². The van der Waals surface area contributed by atoms with Gasteiger partial charge in [-0.3, -0.25) is 29.2 Å². The number of hydrogen-bond acceptors (Lipinski definition) is 11. The van der Waals surface area contributed by atoms with Gasteiger partial charge in [-0.05, 0) is 82.2 Å². The van der Waals surface area contributed by atoms with Crippen molar-refractivity contribution in [3.8, 4) is 11.3 Å². The average Bonchev–Trinajstić information content (AvgIpc) is 3.67. The van der Waals surface area contributed by atoms with Crippen molar-refractivity contribution >= 4 is 58.5 Å². The molecule has 1 saturated heterocycles. The summed E-state index contributed by atoms with van der Waals surface area (Å²) in [5.74, 6) is 0.109. The summed E-state index contributed by atoms with van der Waals surface area (Å²) in [6.07, 6.45) is 12.5. The van der Waals surface area contributed by atoms with Crippen molar-refractivity contribution in [3.63, 3.8) is 0 Å². The van der Waals surface area contributed by atoms with Gasteiger partial charge in [-0.25, -0.2) is 14.8 Å². The predicted molar refractivity (Wildman–Crippen MR) is 206 cm³/mol. The summed E-state index contributed by atoms with van der Waals surface area (Å²) < 4.78 is 1.92. The summed E-state index contributed by atoms with van der Waals surface area (Å²) in [5.41, 5.74) is 4.19. The number of anilines is 1. The average molecular weight is 794 g/mol. The van der Waals surface area contributed by atoms with Crippen LogP contribution in [0.3, 0.4) is 0 Å². The van der Waals surface area contributed by atoms with Gasteiger partial charge in [0.15, 0.2) is 0 Å². The zero-order valence-corrected chi connectivity index (χ0v) is 32.5. The number of nitrogens with zero attached hydrogens (tertiary/aromatic N) is 5. The number of imide groups is 1. The highest BCUT2D eigenvalue weighted by atomic mass is 35.5. The highest BCUT2D eigenvalue weighted by Crippen LogP contribution is 2.37. The number of piperidine rings is 1. The molecule has 2 aliphatic carbocycles. The molecule has 7 rings (SSSR count). The lowest BCUT2D eigenvalue weighted by molar-refractivity contribution is -0.137. The topological polar surface area (TPSA) is 204 Å². The van der Waals surface area contributed by atoms with E-state index in [1.54, 1.807) is 11.6 Å². The zero-order chi connectivity index (χ0) is 38.5. The molecule has 2 aliphatic heterocycles. The van der Waals surface area contributed by atoms with Crippen LogP contribution >= 0.6 is 22.9 Å². The number of carbonyl (C=O) groups is 5. The van der Waals surface area contributed by atoms with Crippen LogP contribution in [0.15, 0.2) is 17.8 Å². The Labute approximate surface area is 328 Å². The van der Waals surface area contributed by atoms with Crippen molar-refractivity contribution in [1.82, 2.24) is 51.2 Å². The van der Waals surface area contributed by atoms with Gasteiger partial charge in [-0.1, -0.05) is 11.6 Å². The number of amides is 6. The molecule has 0 spiro atoms. The molecule has 294 valence electrons. The van der Waals surface area contributed by atoms with E-state index in [2.05, 4.69) is 42.0 Å². The van der Waals surface area contributed by atoms with E-state index in [0.717, 1.165) is 66.6 Å². The highest BCUT2D eigenvalue weighted by molar-refractivity contribution is 7.10. The summed E-state index contributed by atoms with van der Waals surface area (Å²) in [7, 11) is 1.96. The minimum Gasteiger partial charge on any atom is -0.351 e. The number of nitrogens with one attached hydrogen (secondary N) is 6. The lowest BCUT2D eigenvalue weighted by Crippen LogP contribution is -2.52. The van der Waals surface area contributed by atoms with Gasteiger partial charge in [-0.15, -0.1) is 11.3 Å². The molecule has 1 unspecified atom stereocenters. The highest BCUT2D eigenvalue weighted by Gasteiger charge is 2.40. The van der Waals surface area contributed by atoms with Gasteiger partial charge in [0, 0.05) is 60.2 Å². The van der Waals surface area contributed by atoms with Gasteiger partial charge in [0.05, 0.1) is 41.8 Å². The van der Waals surface area contributed by atoms with Crippen LogP contribution in [0.5, 0.6) is 0 Å². The Morgan fingerprint density at radius 3 is 2.55 bits per heavy atom. The fourth-order valence-electron chi connectivity index (χ4n) is 7.50. The Balaban J connectivity index is 0.738. The first kappa shape index (κ1) is 38.7. The minimum atomic E-state index is -0.663. The lowest BCUT2D eigenvalue weighted by atomic mass is 9.91. The second-order valence-electron chi connectivity index (χ2n) is 14.9. The molecule has 0 radical (unpaired) electrons. The first-order valence-electron chi connectivity index (χ1n) is 19.2. The maximum atomic E-state index is 12.9. The Kier molecular flexibility index (Phi) is 12.3. The minimum absolute atomic E-state index is 0.0975. The van der Waals surface area contributed by atoms with E-state index in [9.17, 15) is 24.0 Å². The number of aryl methyl sites for hydroxylation is 1. The summed E-state index contributed by atoms with van der Waals surface area (Å²) >= 11 is 7.96. The zero-order valence-electron chi connectivity index (χ0n) is 30.9. The number of carbonyl (C=O) groups excluding carboxylic acids is 5. The number of urea groups is 1. The molecule has 5 heterocycles. The summed E-state index contributed by atoms with van der Waals surface area (Å²) in [5, 5.41) is 24.6. The molecule has 1 atom stereocenters. The second-order valence-corrected chi connectivity index (χ2v) is 16.2. The molecule has 3 aromatic heterocycles. The number of hydrogen-bond donors (Lipinski definition) is 6. The van der Waals surface area contributed by atoms with Gasteiger partial charge in [0.2, 0.25) is 23.7 Å². The monoisotopic (exact) mass is 793 g/mol. The number of halogens is 1. The maximum absolute atomic E-state index is 12.9. The molecule has 16 nitrogen and oxygen atoms in total. The van der Waals surface area contributed by atoms with Gasteiger partial charge >= 0.3 is 6.03 Å². The Morgan fingerprint density at radius 1 is 0.982 bits per heavy atom. The van der Waals surface area contributed by atoms with Crippen molar-refractivity contribution < 1.29 is 24.0 Å². The van der Waals surface area contributed by atoms with Crippen molar-refractivity contribution in [2.45, 2.75) is 102 Å². The predicted octanol–water partition coefficient (Wildman–Crippen LogP) is 3.01. The molecule has 3 fully saturated rings. The van der Waals surface area contributed by atoms with Crippen molar-refractivity contribution in [1.29, 1.82) is 0 Å². The van der Waals surface area contributed by atoms with E-state index in [1.165, 1.54) is 29.1 Å². The standard InChI is InChI=1S/C37H48ClN11O5S/c1-48-29(14-21-4-5-21)24(15-43-48)33-27(38)16-42-36(47-33)44-22-6-8-23(9-7-22)45-37(54)40-13-3-2-12-39-18-32(51)41-17-30-25-19-49(35(53)26(25)20-55-30)28-10-11-31(50)46-34(28)52/h15-16,20-23,28,39H,2-14,17-19H2,1H3,(H,41,51)(H2,40,45,54)(H,42,44,47)(H,46,50,52)/t22-,23-,28?. The van der Waals surface area contributed by atoms with Gasteiger partial charge in [0.1, 0.15) is 6.04 Å². The number of aromatic nitrogens is 4. The molecular formula is C37H48ClN11O5S. The summed E-state index contributed by atoms with van der Waals surface area (Å²) in [6.45, 7) is 1.89. The van der Waals surface area contributed by atoms with Crippen molar-refractivity contribution in [3.05, 3.63) is 44.5 Å². The van der Waals surface area contributed by atoms with E-state index in [4.69, 9.17) is 16.6 Å². The van der Waals surface area contributed by atoms with Crippen molar-refractivity contribution in [2.24, 2.45) is 13.0 Å². The van der Waals surface area contributed by atoms with Crippen LogP contribution in [0, 0.1) is 5.92 Å². The largest absolute Gasteiger partial charge is 0.351 e. The number of unbranched alkanes of at least 4 members (excludes halogenated alkanes) is 1. The molecule has 3 aromatic rings. The summed E-state index contributed by atoms with van der Waals surface area (Å²) in [6, 6.07) is -0.539. The fourth-order valence-corrected chi connectivity index (χ4v) is 8.67. The van der Waals surface area contributed by atoms with Crippen LogP contribution in [-0.2, 0) is 40.9 Å². The molecule has 4 aliphatic rings. The third-order valence-electron chi connectivity index (χ3n) is 10.8. The van der Waals surface area contributed by atoms with E-state index < -0.39 is 11.9 Å². The Bertz CT molecular complexity index is 1920. The normalized spacial score (nSPS) is 20.9. The molecule has 6 N–H and O–H groups in total. The first-order chi connectivity index (χ1) is 26.6. The van der Waals surface area contributed by atoms with E-state index in [0.29, 0.717) is 54.2 Å². The van der Waals surface area contributed by atoms with Crippen LogP contribution < -0.4 is 31.9 Å². The smallest absolute Gasteiger partial charge is 0.315 e. The molecule has 2 saturated carbocycles. The van der Waals surface area contributed by atoms with Gasteiger partial charge < -0.3 is 31.5 Å². The van der Waals surface area contributed by atoms with Crippen molar-refractivity contribution in [2.75, 3.05) is 25.0 Å². The molecule has 18 heteroatoms. The Hall–Kier alpha value is -4.61. The Morgan fingerprint density at radius 2 is 1.76 bits per heavy atom. The quantitative estimate of drug-likeness (QED) is 0.0925. The van der Waals surface area contributed by atoms with Crippen LogP contribution in [0.2, 0.25) is 5.02 Å². The lowest BCUT2D eigenvalue weighted by Gasteiger charge is -2.29. The molecule has 0 aromatic carbocycles. The fraction of sp³-hybridized carbons (Fsp3) is 0.568. The SMILES string of the molecule is Cn1ncc(-c2nc(N[C@H]3CC[C@H](NC(=O)NCCCCNCC(=O)NCc4scc5c4CN(C4CCC(=O)NC4=O)C5=O)CC3)ncc2Cl)c1CC1CC1. The molecule has 0 bridgehead atoms. The maximum Gasteiger partial charge on any atom is 0.315 e. The molecule has 6 amide bonds. The van der Waals surface area contributed by atoms with Crippen LogP contribution in [0.25, 0.3) is 11.3 Å². The van der Waals surface area contributed by atoms with E-state index >= 15 is 0 Å². The third kappa shape index (κ3) is 9.62. The van der Waals surface area contributed by atoms with Gasteiger partial charge in [-0.2, -0.15) is 5.10 Å². The van der Waals surface area contributed by atoms with Crippen LogP contribution in [0.4, 0.5) is 10.7 Å². The first-order valence-corrected chi connectivity index (χ1v) is 20.4. The van der Waals surface area contributed by atoms with E-state index in [1.807, 2.05) is 17.9 Å². The summed E-state index contributed by atoms with van der Waals surface area (Å²) in [4.78, 5) is 73.4. The number of rotatable bonds is 16. The van der Waals surface area contributed by atoms with Crippen LogP contribution in [0.1, 0.15) is 90.7 Å². The van der Waals surface area contributed by atoms with Gasteiger partial charge in [0.25, 0.3) is 5.91 Å². The second kappa shape index (κ2) is 17.5. The van der Waals surface area contributed by atoms with Crippen LogP contribution in [-0.4, -0.2) is 92.1 Å².